The fourth-order valence-electron chi connectivity index (χ4n) is 2.63. The molecule has 1 fully saturated rings. The van der Waals surface area contributed by atoms with Gasteiger partial charge in [0.05, 0.1) is 12.1 Å². The van der Waals surface area contributed by atoms with E-state index in [0.717, 1.165) is 4.90 Å². The summed E-state index contributed by atoms with van der Waals surface area (Å²) >= 11 is 0. The highest BCUT2D eigenvalue weighted by Gasteiger charge is 2.47. The van der Waals surface area contributed by atoms with Crippen molar-refractivity contribution in [1.82, 2.24) is 9.80 Å². The van der Waals surface area contributed by atoms with Crippen molar-refractivity contribution in [2.45, 2.75) is 38.1 Å². The molecule has 0 radical (unpaired) electrons. The predicted octanol–water partition coefficient (Wildman–Crippen LogP) is -2.52. The van der Waals surface area contributed by atoms with Crippen LogP contribution in [-0.2, 0) is 14.4 Å². The van der Waals surface area contributed by atoms with Crippen molar-refractivity contribution in [2.75, 3.05) is 14.1 Å². The molecular formula is C12H22N4O4. The maximum Gasteiger partial charge on any atom is 0.246 e. The highest BCUT2D eigenvalue weighted by atomic mass is 16.3. The molecule has 5 N–H and O–H groups in total. The minimum absolute atomic E-state index is 0.322. The van der Waals surface area contributed by atoms with E-state index in [9.17, 15) is 19.5 Å². The molecule has 1 rings (SSSR count). The standard InChI is InChI=1S/C12H22N4O4/c1-5-7(13)11(19)15(3)8(5)12(20)16(4)9(6(2)17)10(14)18/h5-9,17H,13H2,1-4H3,(H2,14,18)/t5?,6-,7?,8?,9+/m1/s1. The van der Waals surface area contributed by atoms with Crippen LogP contribution in [0.25, 0.3) is 0 Å². The van der Waals surface area contributed by atoms with E-state index in [1.54, 1.807) is 6.92 Å². The van der Waals surface area contributed by atoms with Crippen LogP contribution >= 0.6 is 0 Å². The van der Waals surface area contributed by atoms with Crippen LogP contribution in [0.5, 0.6) is 0 Å². The second-order valence-electron chi connectivity index (χ2n) is 5.32. The van der Waals surface area contributed by atoms with Crippen molar-refractivity contribution in [3.8, 4) is 0 Å². The largest absolute Gasteiger partial charge is 0.391 e. The molecule has 0 aromatic carbocycles. The number of carbonyl (C=O) groups is 3. The van der Waals surface area contributed by atoms with Gasteiger partial charge in [0.2, 0.25) is 17.7 Å². The van der Waals surface area contributed by atoms with E-state index in [-0.39, 0.29) is 11.8 Å². The fourth-order valence-corrected chi connectivity index (χ4v) is 2.63. The molecule has 0 saturated carbocycles. The first-order valence-electron chi connectivity index (χ1n) is 6.37. The average Bonchev–Trinajstić information content (AvgIpc) is 2.52. The van der Waals surface area contributed by atoms with Gasteiger partial charge in [-0.25, -0.2) is 0 Å². The number of rotatable bonds is 4. The van der Waals surface area contributed by atoms with Crippen molar-refractivity contribution in [1.29, 1.82) is 0 Å². The Balaban J connectivity index is 3.00. The first kappa shape index (κ1) is 16.4. The monoisotopic (exact) mass is 286 g/mol. The number of nitrogens with two attached hydrogens (primary N) is 2. The minimum atomic E-state index is -1.14. The number of primary amides is 1. The molecule has 8 nitrogen and oxygen atoms in total. The summed E-state index contributed by atoms with van der Waals surface area (Å²) < 4.78 is 0. The maximum atomic E-state index is 12.5. The smallest absolute Gasteiger partial charge is 0.246 e. The summed E-state index contributed by atoms with van der Waals surface area (Å²) in [5.41, 5.74) is 10.9. The maximum absolute atomic E-state index is 12.5. The lowest BCUT2D eigenvalue weighted by Crippen LogP contribution is -2.56. The van der Waals surface area contributed by atoms with Crippen LogP contribution in [0.2, 0.25) is 0 Å². The van der Waals surface area contributed by atoms with Crippen LogP contribution < -0.4 is 11.5 Å². The molecule has 1 aliphatic rings. The SMILES string of the molecule is CC1C(N)C(=O)N(C)C1C(=O)N(C)[C@H](C(N)=O)[C@@H](C)O. The molecule has 0 aliphatic carbocycles. The highest BCUT2D eigenvalue weighted by Crippen LogP contribution is 2.25. The molecule has 20 heavy (non-hydrogen) atoms. The van der Waals surface area contributed by atoms with E-state index in [0.29, 0.717) is 0 Å². The third-order valence-corrected chi connectivity index (χ3v) is 3.88. The Labute approximate surface area is 117 Å². The van der Waals surface area contributed by atoms with Crippen molar-refractivity contribution in [3.05, 3.63) is 0 Å². The first-order chi connectivity index (χ1) is 9.11. The summed E-state index contributed by atoms with van der Waals surface area (Å²) in [5, 5.41) is 9.58. The molecule has 0 spiro atoms. The molecule has 1 saturated heterocycles. The van der Waals surface area contributed by atoms with Gasteiger partial charge in [-0.05, 0) is 6.92 Å². The van der Waals surface area contributed by atoms with Crippen molar-refractivity contribution in [2.24, 2.45) is 17.4 Å². The van der Waals surface area contributed by atoms with Gasteiger partial charge in [-0.1, -0.05) is 6.92 Å². The van der Waals surface area contributed by atoms with Crippen molar-refractivity contribution >= 4 is 17.7 Å². The number of nitrogens with zero attached hydrogens (tertiary/aromatic N) is 2. The minimum Gasteiger partial charge on any atom is -0.391 e. The van der Waals surface area contributed by atoms with E-state index in [1.807, 2.05) is 0 Å². The number of carbonyl (C=O) groups excluding carboxylic acids is 3. The molecule has 1 heterocycles. The Hall–Kier alpha value is -1.67. The number of likely N-dealkylation sites (tertiary alicyclic amines) is 1. The highest BCUT2D eigenvalue weighted by molar-refractivity contribution is 5.96. The summed E-state index contributed by atoms with van der Waals surface area (Å²) in [6.07, 6.45) is -1.10. The van der Waals surface area contributed by atoms with Crippen LogP contribution in [0.4, 0.5) is 0 Å². The fraction of sp³-hybridized carbons (Fsp3) is 0.750. The van der Waals surface area contributed by atoms with E-state index in [4.69, 9.17) is 11.5 Å². The quantitative estimate of drug-likeness (QED) is 0.525. The summed E-state index contributed by atoms with van der Waals surface area (Å²) in [7, 11) is 2.86. The lowest BCUT2D eigenvalue weighted by molar-refractivity contribution is -0.147. The topological polar surface area (TPSA) is 130 Å². The lowest BCUT2D eigenvalue weighted by atomic mass is 9.97. The number of hydrogen-bond acceptors (Lipinski definition) is 5. The second kappa shape index (κ2) is 5.76. The molecule has 5 atom stereocenters. The Bertz CT molecular complexity index is 426. The predicted molar refractivity (Wildman–Crippen MR) is 71.1 cm³/mol. The summed E-state index contributed by atoms with van der Waals surface area (Å²) in [6.45, 7) is 3.07. The van der Waals surface area contributed by atoms with Gasteiger partial charge in [-0.15, -0.1) is 0 Å². The molecule has 0 bridgehead atoms. The number of amides is 3. The number of aliphatic hydroxyl groups excluding tert-OH is 1. The zero-order chi connectivity index (χ0) is 15.8. The van der Waals surface area contributed by atoms with E-state index in [1.165, 1.54) is 25.9 Å². The molecule has 1 aliphatic heterocycles. The van der Waals surface area contributed by atoms with Gasteiger partial charge >= 0.3 is 0 Å². The van der Waals surface area contributed by atoms with E-state index >= 15 is 0 Å². The lowest BCUT2D eigenvalue weighted by Gasteiger charge is -2.32. The molecule has 114 valence electrons. The molecular weight excluding hydrogens is 264 g/mol. The van der Waals surface area contributed by atoms with Gasteiger partial charge in [-0.2, -0.15) is 0 Å². The van der Waals surface area contributed by atoms with Crippen LogP contribution in [-0.4, -0.2) is 71.0 Å². The van der Waals surface area contributed by atoms with E-state index in [2.05, 4.69) is 0 Å². The van der Waals surface area contributed by atoms with Crippen LogP contribution in [0.15, 0.2) is 0 Å². The molecule has 0 aromatic rings. The average molecular weight is 286 g/mol. The zero-order valence-corrected chi connectivity index (χ0v) is 12.1. The Morgan fingerprint density at radius 3 is 2.25 bits per heavy atom. The zero-order valence-electron chi connectivity index (χ0n) is 12.1. The van der Waals surface area contributed by atoms with Gasteiger partial charge in [0, 0.05) is 20.0 Å². The number of aliphatic hydroxyl groups is 1. The Morgan fingerprint density at radius 2 is 1.95 bits per heavy atom. The normalized spacial score (nSPS) is 29.2. The first-order valence-corrected chi connectivity index (χ1v) is 6.37. The van der Waals surface area contributed by atoms with Crippen LogP contribution in [0, 0.1) is 5.92 Å². The van der Waals surface area contributed by atoms with Crippen LogP contribution in [0.1, 0.15) is 13.8 Å². The third kappa shape index (κ3) is 2.61. The van der Waals surface area contributed by atoms with Gasteiger partial charge in [-0.3, -0.25) is 14.4 Å². The van der Waals surface area contributed by atoms with Gasteiger partial charge < -0.3 is 26.4 Å². The second-order valence-corrected chi connectivity index (χ2v) is 5.32. The van der Waals surface area contributed by atoms with Gasteiger partial charge in [0.1, 0.15) is 12.1 Å². The molecule has 8 heteroatoms. The van der Waals surface area contributed by atoms with Crippen molar-refractivity contribution < 1.29 is 19.5 Å². The van der Waals surface area contributed by atoms with Crippen molar-refractivity contribution in [3.63, 3.8) is 0 Å². The number of likely N-dealkylation sites (N-methyl/N-ethyl adjacent to an activating group) is 2. The molecule has 0 aromatic heterocycles. The summed E-state index contributed by atoms with van der Waals surface area (Å²) in [5.74, 6) is -1.98. The summed E-state index contributed by atoms with van der Waals surface area (Å²) in [4.78, 5) is 38.0. The molecule has 3 unspecified atom stereocenters. The Kier molecular flexibility index (Phi) is 4.72. The Morgan fingerprint density at radius 1 is 1.45 bits per heavy atom. The summed E-state index contributed by atoms with van der Waals surface area (Å²) in [6, 6.07) is -2.65. The number of hydrogen-bond donors (Lipinski definition) is 3. The van der Waals surface area contributed by atoms with E-state index < -0.39 is 36.0 Å². The van der Waals surface area contributed by atoms with Crippen LogP contribution in [0.3, 0.4) is 0 Å². The molecule has 3 amide bonds. The van der Waals surface area contributed by atoms with Gasteiger partial charge in [0.15, 0.2) is 0 Å². The third-order valence-electron chi connectivity index (χ3n) is 3.88. The van der Waals surface area contributed by atoms with Gasteiger partial charge in [0.25, 0.3) is 0 Å².